The number of aryl methyl sites for hydroxylation is 1. The summed E-state index contributed by atoms with van der Waals surface area (Å²) in [5, 5.41) is 12.6. The molecule has 0 saturated carbocycles. The minimum absolute atomic E-state index is 0.197. The van der Waals surface area contributed by atoms with Crippen LogP contribution in [-0.2, 0) is 25.8 Å². The Morgan fingerprint density at radius 2 is 1.89 bits per heavy atom. The van der Waals surface area contributed by atoms with Gasteiger partial charge in [-0.05, 0) is 85.5 Å². The lowest BCUT2D eigenvalue weighted by atomic mass is 9.85. The first-order chi connectivity index (χ1) is 17.3. The largest absolute Gasteiger partial charge is 0.493 e. The van der Waals surface area contributed by atoms with E-state index in [1.165, 1.54) is 6.26 Å². The van der Waals surface area contributed by atoms with Gasteiger partial charge < -0.3 is 14.6 Å². The van der Waals surface area contributed by atoms with Crippen LogP contribution in [0.1, 0.15) is 43.6 Å². The summed E-state index contributed by atoms with van der Waals surface area (Å²) in [7, 11) is -3.44. The SMILES string of the molecule is Cc1cc2cc(S(C)(=O)=O)ccc2c(-c2ccc3c4c(ccnc24)CCO3)c1C(OC(C)(C)C)C(=O)O. The topological polar surface area (TPSA) is 103 Å². The van der Waals surface area contributed by atoms with Crippen molar-refractivity contribution in [2.24, 2.45) is 0 Å². The second-order valence-corrected chi connectivity index (χ2v) is 12.5. The van der Waals surface area contributed by atoms with Crippen molar-refractivity contribution in [3.63, 3.8) is 0 Å². The van der Waals surface area contributed by atoms with E-state index in [2.05, 4.69) is 0 Å². The highest BCUT2D eigenvalue weighted by Crippen LogP contribution is 2.45. The summed E-state index contributed by atoms with van der Waals surface area (Å²) in [4.78, 5) is 17.5. The zero-order chi connectivity index (χ0) is 26.7. The van der Waals surface area contributed by atoms with Crippen LogP contribution in [0.5, 0.6) is 5.75 Å². The Hall–Kier alpha value is -3.49. The standard InChI is InChI=1S/C29H29NO6S/c1-16-14-18-15-19(37(5,33)34)6-7-20(18)25(23(16)27(28(31)32)36-29(2,3)4)21-8-9-22-24-17(11-13-35-22)10-12-30-26(21)24/h6-10,12,14-15,27H,11,13H2,1-5H3,(H,31,32). The molecule has 1 N–H and O–H groups in total. The molecule has 1 aliphatic heterocycles. The number of hydrogen-bond donors (Lipinski definition) is 1. The number of aliphatic carboxylic acids is 1. The van der Waals surface area contributed by atoms with Gasteiger partial charge in [-0.1, -0.05) is 12.1 Å². The number of benzene rings is 3. The van der Waals surface area contributed by atoms with E-state index in [1.54, 1.807) is 24.4 Å². The third-order valence-electron chi connectivity index (χ3n) is 6.58. The summed E-state index contributed by atoms with van der Waals surface area (Å²) in [5.41, 5.74) is 3.69. The fourth-order valence-electron chi connectivity index (χ4n) is 5.09. The van der Waals surface area contributed by atoms with Gasteiger partial charge in [-0.25, -0.2) is 13.2 Å². The minimum atomic E-state index is -3.44. The number of carboxylic acid groups (broad SMARTS) is 1. The number of rotatable bonds is 5. The van der Waals surface area contributed by atoms with E-state index in [0.717, 1.165) is 34.1 Å². The van der Waals surface area contributed by atoms with Crippen molar-refractivity contribution in [1.82, 2.24) is 4.98 Å². The number of fused-ring (bicyclic) bond motifs is 1. The highest BCUT2D eigenvalue weighted by Gasteiger charge is 2.32. The van der Waals surface area contributed by atoms with Crippen LogP contribution in [0, 0.1) is 6.92 Å². The molecule has 0 spiro atoms. The number of carbonyl (C=O) groups is 1. The van der Waals surface area contributed by atoms with E-state index in [-0.39, 0.29) is 4.90 Å². The van der Waals surface area contributed by atoms with Gasteiger partial charge in [0.15, 0.2) is 15.9 Å². The maximum Gasteiger partial charge on any atom is 0.337 e. The van der Waals surface area contributed by atoms with Crippen LogP contribution in [0.4, 0.5) is 0 Å². The molecule has 5 rings (SSSR count). The van der Waals surface area contributed by atoms with Crippen LogP contribution in [0.3, 0.4) is 0 Å². The third-order valence-corrected chi connectivity index (χ3v) is 7.69. The third kappa shape index (κ3) is 4.55. The molecule has 1 atom stereocenters. The monoisotopic (exact) mass is 519 g/mol. The van der Waals surface area contributed by atoms with Crippen molar-refractivity contribution in [3.8, 4) is 16.9 Å². The van der Waals surface area contributed by atoms with Crippen molar-refractivity contribution < 1.29 is 27.8 Å². The molecule has 0 saturated heterocycles. The molecular weight excluding hydrogens is 490 g/mol. The van der Waals surface area contributed by atoms with Crippen LogP contribution in [0.2, 0.25) is 0 Å². The molecule has 1 unspecified atom stereocenters. The molecule has 0 radical (unpaired) electrons. The molecule has 0 fully saturated rings. The lowest BCUT2D eigenvalue weighted by molar-refractivity contribution is -0.160. The predicted molar refractivity (Wildman–Crippen MR) is 143 cm³/mol. The van der Waals surface area contributed by atoms with E-state index in [1.807, 2.05) is 52.0 Å². The molecule has 0 amide bonds. The van der Waals surface area contributed by atoms with Gasteiger partial charge in [0.2, 0.25) is 0 Å². The maximum absolute atomic E-state index is 12.6. The smallest absolute Gasteiger partial charge is 0.337 e. The van der Waals surface area contributed by atoms with Crippen LogP contribution >= 0.6 is 0 Å². The van der Waals surface area contributed by atoms with E-state index in [0.29, 0.717) is 34.2 Å². The highest BCUT2D eigenvalue weighted by molar-refractivity contribution is 7.90. The Kier molecular flexibility index (Phi) is 6.00. The number of sulfone groups is 1. The normalized spacial score (nSPS) is 14.5. The van der Waals surface area contributed by atoms with Crippen molar-refractivity contribution in [2.75, 3.05) is 12.9 Å². The quantitative estimate of drug-likeness (QED) is 0.364. The Labute approximate surface area is 216 Å². The lowest BCUT2D eigenvalue weighted by Gasteiger charge is -2.29. The fraction of sp³-hybridized carbons (Fsp3) is 0.310. The Morgan fingerprint density at radius 1 is 1.14 bits per heavy atom. The van der Waals surface area contributed by atoms with Crippen molar-refractivity contribution in [2.45, 2.75) is 50.7 Å². The average Bonchev–Trinajstić information content (AvgIpc) is 2.81. The minimum Gasteiger partial charge on any atom is -0.493 e. The Balaban J connectivity index is 1.93. The first-order valence-electron chi connectivity index (χ1n) is 12.1. The Morgan fingerprint density at radius 3 is 2.57 bits per heavy atom. The van der Waals surface area contributed by atoms with Crippen LogP contribution < -0.4 is 4.74 Å². The van der Waals surface area contributed by atoms with Gasteiger partial charge in [-0.2, -0.15) is 0 Å². The van der Waals surface area contributed by atoms with Crippen molar-refractivity contribution >= 4 is 37.5 Å². The summed E-state index contributed by atoms with van der Waals surface area (Å²) in [6, 6.07) is 12.5. The highest BCUT2D eigenvalue weighted by atomic mass is 32.2. The second-order valence-electron chi connectivity index (χ2n) is 10.5. The summed E-state index contributed by atoms with van der Waals surface area (Å²) in [6.45, 7) is 7.87. The summed E-state index contributed by atoms with van der Waals surface area (Å²) in [6.07, 6.45) is 2.43. The fourth-order valence-corrected chi connectivity index (χ4v) is 5.75. The van der Waals surface area contributed by atoms with Crippen molar-refractivity contribution in [3.05, 3.63) is 65.4 Å². The zero-order valence-corrected chi connectivity index (χ0v) is 22.3. The van der Waals surface area contributed by atoms with E-state index in [4.69, 9.17) is 14.5 Å². The van der Waals surface area contributed by atoms with Gasteiger partial charge in [0, 0.05) is 35.4 Å². The summed E-state index contributed by atoms with van der Waals surface area (Å²) >= 11 is 0. The van der Waals surface area contributed by atoms with E-state index >= 15 is 0 Å². The lowest BCUT2D eigenvalue weighted by Crippen LogP contribution is -2.28. The molecule has 0 bridgehead atoms. The van der Waals surface area contributed by atoms with Crippen molar-refractivity contribution in [1.29, 1.82) is 0 Å². The number of ether oxygens (including phenoxy) is 2. The van der Waals surface area contributed by atoms with Crippen LogP contribution in [-0.4, -0.2) is 42.9 Å². The molecule has 1 aliphatic rings. The van der Waals surface area contributed by atoms with Gasteiger partial charge in [0.05, 0.1) is 22.6 Å². The predicted octanol–water partition coefficient (Wildman–Crippen LogP) is 5.64. The first-order valence-corrected chi connectivity index (χ1v) is 14.0. The molecule has 8 heteroatoms. The molecule has 7 nitrogen and oxygen atoms in total. The number of pyridine rings is 1. The van der Waals surface area contributed by atoms with E-state index < -0.39 is 27.5 Å². The van der Waals surface area contributed by atoms with Crippen LogP contribution in [0.25, 0.3) is 32.8 Å². The number of carboxylic acids is 1. The van der Waals surface area contributed by atoms with E-state index in [9.17, 15) is 18.3 Å². The van der Waals surface area contributed by atoms with Gasteiger partial charge in [0.1, 0.15) is 5.75 Å². The summed E-state index contributed by atoms with van der Waals surface area (Å²) in [5.74, 6) is -0.364. The number of nitrogens with zero attached hydrogens (tertiary/aromatic N) is 1. The first kappa shape index (κ1) is 25.2. The molecule has 192 valence electrons. The maximum atomic E-state index is 12.6. The van der Waals surface area contributed by atoms with Gasteiger partial charge in [-0.15, -0.1) is 0 Å². The Bertz CT molecular complexity index is 1670. The number of hydrogen-bond acceptors (Lipinski definition) is 6. The molecule has 0 aliphatic carbocycles. The molecule has 1 aromatic heterocycles. The number of aromatic nitrogens is 1. The summed E-state index contributed by atoms with van der Waals surface area (Å²) < 4.78 is 36.6. The van der Waals surface area contributed by atoms with Gasteiger partial charge in [-0.3, -0.25) is 4.98 Å². The molecule has 2 heterocycles. The molecule has 4 aromatic rings. The molecule has 3 aromatic carbocycles. The van der Waals surface area contributed by atoms with Gasteiger partial charge in [0.25, 0.3) is 0 Å². The molecule has 37 heavy (non-hydrogen) atoms. The zero-order valence-electron chi connectivity index (χ0n) is 21.5. The average molecular weight is 520 g/mol. The van der Waals surface area contributed by atoms with Gasteiger partial charge >= 0.3 is 5.97 Å². The van der Waals surface area contributed by atoms with Crippen LogP contribution in [0.15, 0.2) is 53.6 Å². The molecular formula is C29H29NO6S. The second kappa shape index (κ2) is 8.82.